The molecule has 3 unspecified atom stereocenters. The molecule has 5 N–H and O–H groups in total. The Morgan fingerprint density at radius 2 is 1.66 bits per heavy atom. The van der Waals surface area contributed by atoms with Crippen molar-refractivity contribution >= 4 is 23.9 Å². The van der Waals surface area contributed by atoms with Gasteiger partial charge in [-0.25, -0.2) is 4.79 Å². The van der Waals surface area contributed by atoms with Crippen LogP contribution in [0.15, 0.2) is 0 Å². The second-order valence-electron chi connectivity index (χ2n) is 19.3. The zero-order chi connectivity index (χ0) is 41.3. The summed E-state index contributed by atoms with van der Waals surface area (Å²) in [6.07, 6.45) is -4.21. The van der Waals surface area contributed by atoms with Gasteiger partial charge < -0.3 is 49.2 Å². The van der Waals surface area contributed by atoms with Crippen LogP contribution in [-0.4, -0.2) is 132 Å². The van der Waals surface area contributed by atoms with Crippen LogP contribution >= 0.6 is 0 Å². The van der Waals surface area contributed by atoms with E-state index in [-0.39, 0.29) is 25.3 Å². The van der Waals surface area contributed by atoms with Crippen LogP contribution in [0.2, 0.25) is 0 Å². The maximum absolute atomic E-state index is 13.7. The van der Waals surface area contributed by atoms with Crippen LogP contribution in [0, 0.1) is 46.8 Å². The van der Waals surface area contributed by atoms with Crippen molar-refractivity contribution in [1.82, 2.24) is 4.90 Å². The van der Waals surface area contributed by atoms with Gasteiger partial charge in [-0.1, -0.05) is 27.7 Å². The number of aliphatic hydroxyl groups is 5. The Labute approximate surface area is 328 Å². The Hall–Kier alpha value is -2.40. The van der Waals surface area contributed by atoms with E-state index >= 15 is 0 Å². The molecule has 15 nitrogen and oxygen atoms in total. The fourth-order valence-corrected chi connectivity index (χ4v) is 13.1. The lowest BCUT2D eigenvalue weighted by Crippen LogP contribution is -2.77. The summed E-state index contributed by atoms with van der Waals surface area (Å²) in [5.74, 6) is -9.57. The molecule has 4 aliphatic carbocycles. The van der Waals surface area contributed by atoms with Crippen LogP contribution < -0.4 is 0 Å². The molecule has 3 heterocycles. The molecule has 0 aromatic rings. The topological polar surface area (TPSA) is 219 Å². The number of ether oxygens (including phenoxy) is 5. The molecule has 1 spiro atoms. The Kier molecular flexibility index (Phi) is 10.1. The predicted molar refractivity (Wildman–Crippen MR) is 195 cm³/mol. The largest absolute Gasteiger partial charge is 0.462 e. The first-order valence-corrected chi connectivity index (χ1v) is 20.7. The summed E-state index contributed by atoms with van der Waals surface area (Å²) >= 11 is 0. The van der Waals surface area contributed by atoms with E-state index in [1.807, 2.05) is 13.8 Å². The molecule has 7 rings (SSSR count). The summed E-state index contributed by atoms with van der Waals surface area (Å²) in [5.41, 5.74) is -8.17. The number of aliphatic hydroxyl groups excluding tert-OH is 1. The highest BCUT2D eigenvalue weighted by Gasteiger charge is 2.88. The van der Waals surface area contributed by atoms with E-state index in [0.717, 1.165) is 20.3 Å². The van der Waals surface area contributed by atoms with Crippen molar-refractivity contribution in [3.63, 3.8) is 0 Å². The van der Waals surface area contributed by atoms with Gasteiger partial charge in [-0.15, -0.1) is 0 Å². The highest BCUT2D eigenvalue weighted by molar-refractivity contribution is 5.80. The van der Waals surface area contributed by atoms with E-state index in [1.165, 1.54) is 13.8 Å². The Morgan fingerprint density at radius 1 is 0.982 bits per heavy atom. The van der Waals surface area contributed by atoms with Gasteiger partial charge in [0.05, 0.1) is 29.1 Å². The van der Waals surface area contributed by atoms with Crippen molar-refractivity contribution in [3.8, 4) is 0 Å². The molecular formula is C41H63NO14. The number of carbonyl (C=O) groups is 4. The summed E-state index contributed by atoms with van der Waals surface area (Å²) in [5, 5.41) is 62.8. The lowest BCUT2D eigenvalue weighted by atomic mass is 9.49. The van der Waals surface area contributed by atoms with Gasteiger partial charge in [-0.3, -0.25) is 19.3 Å². The van der Waals surface area contributed by atoms with Gasteiger partial charge >= 0.3 is 23.9 Å². The lowest BCUT2D eigenvalue weighted by Gasteiger charge is -2.64. The number of hydrogen-bond acceptors (Lipinski definition) is 15. The predicted octanol–water partition coefficient (Wildman–Crippen LogP) is 1.61. The molecule has 0 aromatic carbocycles. The normalized spacial score (nSPS) is 49.8. The molecule has 0 amide bonds. The maximum atomic E-state index is 13.7. The van der Waals surface area contributed by atoms with E-state index in [0.29, 0.717) is 38.3 Å². The van der Waals surface area contributed by atoms with Crippen LogP contribution in [0.5, 0.6) is 0 Å². The number of carbonyl (C=O) groups excluding carboxylic acids is 4. The average Bonchev–Trinajstić information content (AvgIpc) is 3.37. The molecule has 3 saturated heterocycles. The van der Waals surface area contributed by atoms with Crippen LogP contribution in [-0.2, 0) is 42.9 Å². The smallest absolute Gasteiger partial charge is 0.342 e. The van der Waals surface area contributed by atoms with Gasteiger partial charge in [-0.05, 0) is 83.5 Å². The number of rotatable bonds is 8. The first kappa shape index (κ1) is 41.7. The van der Waals surface area contributed by atoms with Gasteiger partial charge in [0.1, 0.15) is 17.8 Å². The second-order valence-corrected chi connectivity index (χ2v) is 19.3. The second kappa shape index (κ2) is 13.6. The van der Waals surface area contributed by atoms with Crippen LogP contribution in [0.4, 0.5) is 0 Å². The standard InChI is InChI=1S/C41H63NO14/c1-10-20(3)34(46)55-33-31(45)30-24(18-42-17-19(2)11-12-28(42)38(30,9)49)25-16-39-32(40(25,33)50)26(53-23(6)44)15-27-36(39,7)14-13-29(41(27,51)56-39)54-35(47)37(8,48)21(4)52-22(5)43/h19-21,24-33,45,48-51H,10-18H2,1-9H3/t19-,20?,21?,24-,25-,26+,27-,28-,29-,30+,31+,32+,33-,36-,37?,38+,39+,40-,41-/m0/s1. The Morgan fingerprint density at radius 3 is 2.29 bits per heavy atom. The molecule has 3 aliphatic heterocycles. The van der Waals surface area contributed by atoms with Crippen molar-refractivity contribution < 1.29 is 68.4 Å². The zero-order valence-corrected chi connectivity index (χ0v) is 34.2. The molecule has 19 atom stereocenters. The molecule has 7 fully saturated rings. The Balaban J connectivity index is 1.35. The van der Waals surface area contributed by atoms with E-state index in [9.17, 15) is 44.7 Å². The molecular weight excluding hydrogens is 730 g/mol. The maximum Gasteiger partial charge on any atom is 0.342 e. The van der Waals surface area contributed by atoms with Crippen molar-refractivity contribution in [2.45, 2.75) is 172 Å². The number of piperidine rings is 2. The van der Waals surface area contributed by atoms with E-state index < -0.39 is 124 Å². The van der Waals surface area contributed by atoms with E-state index in [4.69, 9.17) is 23.7 Å². The number of fused-ring (bicyclic) bond motifs is 5. The third kappa shape index (κ3) is 5.67. The molecule has 4 bridgehead atoms. The monoisotopic (exact) mass is 793 g/mol. The van der Waals surface area contributed by atoms with Crippen molar-refractivity contribution in [1.29, 1.82) is 0 Å². The van der Waals surface area contributed by atoms with Crippen LogP contribution in [0.3, 0.4) is 0 Å². The first-order chi connectivity index (χ1) is 25.9. The quantitative estimate of drug-likeness (QED) is 0.174. The molecule has 4 saturated carbocycles. The minimum absolute atomic E-state index is 0.0258. The highest BCUT2D eigenvalue weighted by Crippen LogP contribution is 2.77. The van der Waals surface area contributed by atoms with Gasteiger partial charge in [0.15, 0.2) is 17.8 Å². The average molecular weight is 794 g/mol. The van der Waals surface area contributed by atoms with Crippen molar-refractivity contribution in [2.24, 2.45) is 46.8 Å². The minimum Gasteiger partial charge on any atom is -0.462 e. The van der Waals surface area contributed by atoms with E-state index in [2.05, 4.69) is 11.8 Å². The molecule has 7 aliphatic rings. The van der Waals surface area contributed by atoms with Gasteiger partial charge in [0.2, 0.25) is 5.79 Å². The molecule has 15 heteroatoms. The van der Waals surface area contributed by atoms with Crippen molar-refractivity contribution in [2.75, 3.05) is 13.1 Å². The molecule has 316 valence electrons. The Bertz CT molecular complexity index is 1620. The zero-order valence-electron chi connectivity index (χ0n) is 34.2. The minimum atomic E-state index is -2.28. The van der Waals surface area contributed by atoms with Crippen LogP contribution in [0.25, 0.3) is 0 Å². The van der Waals surface area contributed by atoms with Gasteiger partial charge in [-0.2, -0.15) is 0 Å². The number of esters is 4. The third-order valence-corrected chi connectivity index (χ3v) is 16.1. The lowest BCUT2D eigenvalue weighted by molar-refractivity contribution is -0.301. The summed E-state index contributed by atoms with van der Waals surface area (Å²) in [7, 11) is 0. The fourth-order valence-electron chi connectivity index (χ4n) is 13.1. The first-order valence-electron chi connectivity index (χ1n) is 20.7. The van der Waals surface area contributed by atoms with Gasteiger partial charge in [0, 0.05) is 50.2 Å². The van der Waals surface area contributed by atoms with E-state index in [1.54, 1.807) is 13.8 Å². The number of nitrogens with zero attached hydrogens (tertiary/aromatic N) is 1. The summed E-state index contributed by atoms with van der Waals surface area (Å²) < 4.78 is 30.3. The van der Waals surface area contributed by atoms with Crippen molar-refractivity contribution in [3.05, 3.63) is 0 Å². The highest BCUT2D eigenvalue weighted by atomic mass is 16.7. The summed E-state index contributed by atoms with van der Waals surface area (Å²) in [6, 6.07) is -0.275. The molecule has 0 aromatic heterocycles. The van der Waals surface area contributed by atoms with Gasteiger partial charge in [0.25, 0.3) is 0 Å². The molecule has 56 heavy (non-hydrogen) atoms. The SMILES string of the molecule is CCC(C)C(=O)O[C@H]1[C@H](O)[C@H]2[C@@H](CN3C[C@@H](C)CC[C@H]3[C@@]2(C)O)[C@@H]2C[C@]34O[C@]5(O)[C@@H](OC(=O)C(C)(O)C(C)OC(C)=O)CC[C@@]3(C)[C@@H]5C[C@@H](OC(C)=O)[C@H]4[C@@]21O. The van der Waals surface area contributed by atoms with Crippen LogP contribution in [0.1, 0.15) is 107 Å². The third-order valence-electron chi connectivity index (χ3n) is 16.1. The summed E-state index contributed by atoms with van der Waals surface area (Å²) in [4.78, 5) is 54.2. The number of hydrogen-bond donors (Lipinski definition) is 5. The summed E-state index contributed by atoms with van der Waals surface area (Å²) in [6.45, 7) is 15.4. The fraction of sp³-hybridized carbons (Fsp3) is 0.902. The molecule has 0 radical (unpaired) electrons.